The lowest BCUT2D eigenvalue weighted by Gasteiger charge is -2.30. The standard InChI is InChI=1S/C19H24O2Si/c1-4-22(5-2,6-3)19-16-13-21-12-15(16)17(18(19)20)14-10-8-7-9-11-14/h7-11H,4-6,12-13H2,1-3H3. The maximum Gasteiger partial charge on any atom is 0.186 e. The van der Waals surface area contributed by atoms with Crippen molar-refractivity contribution in [1.29, 1.82) is 0 Å². The number of hydrogen-bond acceptors (Lipinski definition) is 2. The predicted octanol–water partition coefficient (Wildman–Crippen LogP) is 4.40. The van der Waals surface area contributed by atoms with Gasteiger partial charge in [-0.05, 0) is 21.9 Å². The van der Waals surface area contributed by atoms with E-state index in [-0.39, 0.29) is 0 Å². The number of rotatable bonds is 5. The fourth-order valence-corrected chi connectivity index (χ4v) is 8.06. The molecule has 2 nitrogen and oxygen atoms in total. The molecule has 22 heavy (non-hydrogen) atoms. The third-order valence-electron chi connectivity index (χ3n) is 5.54. The van der Waals surface area contributed by atoms with Crippen LogP contribution >= 0.6 is 0 Å². The number of ether oxygens (including phenoxy) is 1. The predicted molar refractivity (Wildman–Crippen MR) is 93.4 cm³/mol. The zero-order valence-corrected chi connectivity index (χ0v) is 14.7. The van der Waals surface area contributed by atoms with Crippen molar-refractivity contribution in [3.63, 3.8) is 0 Å². The van der Waals surface area contributed by atoms with E-state index in [2.05, 4.69) is 20.8 Å². The molecule has 1 aliphatic heterocycles. The van der Waals surface area contributed by atoms with Crippen molar-refractivity contribution in [2.45, 2.75) is 38.9 Å². The molecule has 1 saturated heterocycles. The fourth-order valence-electron chi connectivity index (χ4n) is 4.03. The molecule has 0 amide bonds. The number of allylic oxidation sites excluding steroid dienone is 2. The molecule has 116 valence electrons. The molecule has 0 spiro atoms. The van der Waals surface area contributed by atoms with Crippen LogP contribution in [0.25, 0.3) is 5.57 Å². The van der Waals surface area contributed by atoms with E-state index in [4.69, 9.17) is 4.74 Å². The summed E-state index contributed by atoms with van der Waals surface area (Å²) >= 11 is 0. The van der Waals surface area contributed by atoms with Crippen LogP contribution in [0.4, 0.5) is 0 Å². The highest BCUT2D eigenvalue weighted by molar-refractivity contribution is 6.92. The van der Waals surface area contributed by atoms with Crippen molar-refractivity contribution in [3.05, 3.63) is 52.2 Å². The first-order valence-electron chi connectivity index (χ1n) is 8.33. The summed E-state index contributed by atoms with van der Waals surface area (Å²) in [6.45, 7) is 8.00. The zero-order chi connectivity index (χ0) is 15.7. The second-order valence-corrected chi connectivity index (χ2v) is 11.4. The first kappa shape index (κ1) is 15.4. The van der Waals surface area contributed by atoms with Crippen molar-refractivity contribution in [2.24, 2.45) is 0 Å². The van der Waals surface area contributed by atoms with Gasteiger partial charge >= 0.3 is 0 Å². The van der Waals surface area contributed by atoms with E-state index < -0.39 is 8.07 Å². The quantitative estimate of drug-likeness (QED) is 0.753. The largest absolute Gasteiger partial charge is 0.372 e. The van der Waals surface area contributed by atoms with Gasteiger partial charge in [-0.15, -0.1) is 0 Å². The van der Waals surface area contributed by atoms with Crippen molar-refractivity contribution < 1.29 is 9.53 Å². The summed E-state index contributed by atoms with van der Waals surface area (Å²) in [6.07, 6.45) is 0. The fraction of sp³-hybridized carbons (Fsp3) is 0.421. The third-order valence-corrected chi connectivity index (χ3v) is 11.2. The van der Waals surface area contributed by atoms with Gasteiger partial charge in [0, 0.05) is 5.57 Å². The van der Waals surface area contributed by atoms with Crippen LogP contribution in [0.5, 0.6) is 0 Å². The number of benzene rings is 1. The summed E-state index contributed by atoms with van der Waals surface area (Å²) in [5, 5.41) is 1.17. The summed E-state index contributed by atoms with van der Waals surface area (Å²) in [6, 6.07) is 13.5. The lowest BCUT2D eigenvalue weighted by atomic mass is 10.0. The van der Waals surface area contributed by atoms with E-state index >= 15 is 0 Å². The van der Waals surface area contributed by atoms with E-state index in [1.165, 1.54) is 16.3 Å². The molecular weight excluding hydrogens is 288 g/mol. The van der Waals surface area contributed by atoms with Gasteiger partial charge in [-0.1, -0.05) is 69.2 Å². The number of Topliss-reactive ketones (excluding diaryl/α,β-unsaturated/α-hetero) is 1. The molecule has 1 heterocycles. The molecule has 0 bridgehead atoms. The van der Waals surface area contributed by atoms with Crippen LogP contribution in [0.2, 0.25) is 18.1 Å². The van der Waals surface area contributed by atoms with Crippen LogP contribution in [0.1, 0.15) is 26.3 Å². The summed E-state index contributed by atoms with van der Waals surface area (Å²) in [7, 11) is -1.70. The van der Waals surface area contributed by atoms with E-state index in [0.29, 0.717) is 19.0 Å². The van der Waals surface area contributed by atoms with Gasteiger partial charge in [0.1, 0.15) is 0 Å². The Bertz CT molecular complexity index is 643. The molecule has 3 heteroatoms. The molecule has 0 atom stereocenters. The van der Waals surface area contributed by atoms with Crippen molar-refractivity contribution in [2.75, 3.05) is 13.2 Å². The summed E-state index contributed by atoms with van der Waals surface area (Å²) < 4.78 is 5.72. The normalized spacial score (nSPS) is 18.4. The average molecular weight is 312 g/mol. The van der Waals surface area contributed by atoms with Crippen LogP contribution in [-0.4, -0.2) is 27.1 Å². The van der Waals surface area contributed by atoms with E-state index in [1.54, 1.807) is 0 Å². The van der Waals surface area contributed by atoms with Gasteiger partial charge in [-0.25, -0.2) is 0 Å². The summed E-state index contributed by atoms with van der Waals surface area (Å²) in [4.78, 5) is 13.3. The maximum absolute atomic E-state index is 13.3. The summed E-state index contributed by atoms with van der Waals surface area (Å²) in [5.74, 6) is 0.303. The van der Waals surface area contributed by atoms with E-state index in [0.717, 1.165) is 29.3 Å². The Kier molecular flexibility index (Phi) is 4.19. The molecule has 0 unspecified atom stereocenters. The molecule has 0 radical (unpaired) electrons. The number of carbonyl (C=O) groups excluding carboxylic acids is 1. The minimum atomic E-state index is -1.70. The van der Waals surface area contributed by atoms with Gasteiger partial charge in [0.2, 0.25) is 0 Å². The van der Waals surface area contributed by atoms with Gasteiger partial charge in [-0.2, -0.15) is 0 Å². The summed E-state index contributed by atoms with van der Waals surface area (Å²) in [5.41, 5.74) is 4.36. The molecular formula is C19H24O2Si. The minimum Gasteiger partial charge on any atom is -0.372 e. The Morgan fingerprint density at radius 2 is 1.55 bits per heavy atom. The molecule has 0 aromatic heterocycles. The lowest BCUT2D eigenvalue weighted by Crippen LogP contribution is -2.38. The first-order chi connectivity index (χ1) is 10.7. The first-order valence-corrected chi connectivity index (χ1v) is 11.0. The molecule has 1 aromatic carbocycles. The number of carbonyl (C=O) groups is 1. The second kappa shape index (κ2) is 5.97. The topological polar surface area (TPSA) is 26.3 Å². The van der Waals surface area contributed by atoms with Gasteiger partial charge in [0.05, 0.1) is 21.3 Å². The van der Waals surface area contributed by atoms with E-state index in [1.807, 2.05) is 30.3 Å². The lowest BCUT2D eigenvalue weighted by molar-refractivity contribution is -0.110. The number of fused-ring (bicyclic) bond motifs is 1. The van der Waals surface area contributed by atoms with Crippen molar-refractivity contribution >= 4 is 19.4 Å². The van der Waals surface area contributed by atoms with Crippen LogP contribution in [0.3, 0.4) is 0 Å². The van der Waals surface area contributed by atoms with Gasteiger partial charge in [-0.3, -0.25) is 4.79 Å². The second-order valence-electron chi connectivity index (χ2n) is 6.24. The van der Waals surface area contributed by atoms with E-state index in [9.17, 15) is 4.79 Å². The monoisotopic (exact) mass is 312 g/mol. The Morgan fingerprint density at radius 1 is 0.955 bits per heavy atom. The van der Waals surface area contributed by atoms with Crippen LogP contribution in [0.15, 0.2) is 46.7 Å². The minimum absolute atomic E-state index is 0.303. The van der Waals surface area contributed by atoms with Crippen LogP contribution in [-0.2, 0) is 9.53 Å². The average Bonchev–Trinajstić information content (AvgIpc) is 3.12. The van der Waals surface area contributed by atoms with Crippen LogP contribution in [0, 0.1) is 0 Å². The molecule has 1 fully saturated rings. The van der Waals surface area contributed by atoms with Crippen molar-refractivity contribution in [3.8, 4) is 0 Å². The maximum atomic E-state index is 13.3. The van der Waals surface area contributed by atoms with Crippen LogP contribution < -0.4 is 0 Å². The Morgan fingerprint density at radius 3 is 2.14 bits per heavy atom. The Hall–Kier alpha value is -1.45. The Labute approximate surface area is 133 Å². The highest BCUT2D eigenvalue weighted by Crippen LogP contribution is 2.45. The van der Waals surface area contributed by atoms with Gasteiger partial charge in [0.25, 0.3) is 0 Å². The molecule has 1 aliphatic carbocycles. The number of hydrogen-bond donors (Lipinski definition) is 0. The van der Waals surface area contributed by atoms with Crippen molar-refractivity contribution in [1.82, 2.24) is 0 Å². The molecule has 3 rings (SSSR count). The smallest absolute Gasteiger partial charge is 0.186 e. The molecule has 0 saturated carbocycles. The zero-order valence-electron chi connectivity index (χ0n) is 13.7. The molecule has 1 aromatic rings. The van der Waals surface area contributed by atoms with Gasteiger partial charge in [0.15, 0.2) is 5.78 Å². The SMILES string of the molecule is CC[Si](CC)(CC)C1=C2COCC2=C(c2ccccc2)C1=O. The highest BCUT2D eigenvalue weighted by Gasteiger charge is 2.45. The highest BCUT2D eigenvalue weighted by atomic mass is 28.3. The number of ketones is 1. The van der Waals surface area contributed by atoms with Gasteiger partial charge < -0.3 is 4.74 Å². The third kappa shape index (κ3) is 2.15. The Balaban J connectivity index is 2.14. The molecule has 2 aliphatic rings. The molecule has 0 N–H and O–H groups in total.